The lowest BCUT2D eigenvalue weighted by molar-refractivity contribution is 0.102. The summed E-state index contributed by atoms with van der Waals surface area (Å²) in [6.07, 6.45) is 0. The van der Waals surface area contributed by atoms with Gasteiger partial charge in [-0.1, -0.05) is 6.07 Å². The lowest BCUT2D eigenvalue weighted by Crippen LogP contribution is -2.23. The van der Waals surface area contributed by atoms with Crippen molar-refractivity contribution in [3.05, 3.63) is 52.8 Å². The van der Waals surface area contributed by atoms with Crippen LogP contribution in [0, 0.1) is 20.8 Å². The van der Waals surface area contributed by atoms with Crippen LogP contribution in [-0.4, -0.2) is 37.7 Å². The van der Waals surface area contributed by atoms with Crippen LogP contribution in [0.1, 0.15) is 27.3 Å². The van der Waals surface area contributed by atoms with Crippen molar-refractivity contribution in [2.24, 2.45) is 0 Å². The van der Waals surface area contributed by atoms with Gasteiger partial charge < -0.3 is 5.32 Å². The van der Waals surface area contributed by atoms with Gasteiger partial charge in [-0.05, 0) is 56.2 Å². The van der Waals surface area contributed by atoms with Gasteiger partial charge in [0, 0.05) is 25.5 Å². The molecule has 2 aromatic rings. The average Bonchev–Trinajstić information content (AvgIpc) is 2.51. The monoisotopic (exact) mass is 347 g/mol. The molecule has 0 fully saturated rings. The zero-order chi connectivity index (χ0) is 18.1. The third-order valence-corrected chi connectivity index (χ3v) is 5.58. The molecule has 6 nitrogen and oxygen atoms in total. The number of nitrogens with one attached hydrogen (secondary N) is 1. The number of carbonyl (C=O) groups excluding carboxylic acids is 1. The van der Waals surface area contributed by atoms with Crippen molar-refractivity contribution >= 4 is 21.6 Å². The van der Waals surface area contributed by atoms with E-state index in [9.17, 15) is 13.2 Å². The second kappa shape index (κ2) is 6.70. The molecule has 0 aliphatic rings. The lowest BCUT2D eigenvalue weighted by Gasteiger charge is -2.16. The maximum atomic E-state index is 12.4. The van der Waals surface area contributed by atoms with Crippen LogP contribution < -0.4 is 5.32 Å². The molecule has 0 unspecified atom stereocenters. The smallest absolute Gasteiger partial charge is 0.274 e. The molecule has 2 rings (SSSR count). The first-order valence-corrected chi connectivity index (χ1v) is 8.85. The number of carbonyl (C=O) groups is 1. The number of rotatable bonds is 4. The number of amides is 1. The minimum atomic E-state index is -3.58. The summed E-state index contributed by atoms with van der Waals surface area (Å²) >= 11 is 0. The Bertz CT molecular complexity index is 890. The Hall–Kier alpha value is -2.25. The molecule has 0 atom stereocenters. The molecular weight excluding hydrogens is 326 g/mol. The van der Waals surface area contributed by atoms with Gasteiger partial charge in [-0.25, -0.2) is 17.7 Å². The number of benzene rings is 1. The Morgan fingerprint density at radius 2 is 1.79 bits per heavy atom. The Morgan fingerprint density at radius 1 is 1.12 bits per heavy atom. The molecule has 24 heavy (non-hydrogen) atoms. The zero-order valence-corrected chi connectivity index (χ0v) is 15.2. The highest BCUT2D eigenvalue weighted by Crippen LogP contribution is 2.25. The van der Waals surface area contributed by atoms with Crippen molar-refractivity contribution in [3.8, 4) is 0 Å². The molecule has 0 bridgehead atoms. The highest BCUT2D eigenvalue weighted by Gasteiger charge is 2.20. The Labute approximate surface area is 142 Å². The second-order valence-electron chi connectivity index (χ2n) is 5.82. The molecule has 0 spiro atoms. The van der Waals surface area contributed by atoms with Crippen molar-refractivity contribution < 1.29 is 13.2 Å². The molecular formula is C17H21N3O3S. The number of anilines is 1. The number of hydrogen-bond acceptors (Lipinski definition) is 4. The molecule has 7 heteroatoms. The lowest BCUT2D eigenvalue weighted by atomic mass is 10.1. The van der Waals surface area contributed by atoms with E-state index in [4.69, 9.17) is 0 Å². The van der Waals surface area contributed by atoms with Gasteiger partial charge >= 0.3 is 0 Å². The van der Waals surface area contributed by atoms with Crippen molar-refractivity contribution in [1.82, 2.24) is 9.29 Å². The number of aromatic nitrogens is 1. The first-order valence-electron chi connectivity index (χ1n) is 7.41. The maximum absolute atomic E-state index is 12.4. The summed E-state index contributed by atoms with van der Waals surface area (Å²) in [6, 6.07) is 8.25. The summed E-state index contributed by atoms with van der Waals surface area (Å²) in [5.74, 6) is -0.374. The van der Waals surface area contributed by atoms with Crippen LogP contribution in [0.15, 0.2) is 35.2 Å². The van der Waals surface area contributed by atoms with E-state index in [-0.39, 0.29) is 16.5 Å². The van der Waals surface area contributed by atoms with Crippen LogP contribution in [0.2, 0.25) is 0 Å². The van der Waals surface area contributed by atoms with Crippen molar-refractivity contribution in [3.63, 3.8) is 0 Å². The molecule has 0 saturated carbocycles. The summed E-state index contributed by atoms with van der Waals surface area (Å²) in [5, 5.41) is 2.76. The zero-order valence-electron chi connectivity index (χ0n) is 14.4. The van der Waals surface area contributed by atoms with E-state index in [0.29, 0.717) is 5.69 Å². The SMILES string of the molecule is Cc1cccc(C(=O)Nc2cc(S(=O)(=O)N(C)C)cc(C)c2C)n1. The number of pyridine rings is 1. The minimum absolute atomic E-state index is 0.142. The largest absolute Gasteiger partial charge is 0.320 e. The fraction of sp³-hybridized carbons (Fsp3) is 0.294. The molecule has 0 radical (unpaired) electrons. The quantitative estimate of drug-likeness (QED) is 0.922. The van der Waals surface area contributed by atoms with Crippen molar-refractivity contribution in [2.75, 3.05) is 19.4 Å². The molecule has 128 valence electrons. The second-order valence-corrected chi connectivity index (χ2v) is 7.97. The van der Waals surface area contributed by atoms with Gasteiger partial charge in [-0.15, -0.1) is 0 Å². The molecule has 0 aliphatic carbocycles. The topological polar surface area (TPSA) is 79.4 Å². The average molecular weight is 347 g/mol. The van der Waals surface area contributed by atoms with Gasteiger partial charge in [-0.2, -0.15) is 0 Å². The summed E-state index contributed by atoms with van der Waals surface area (Å²) < 4.78 is 25.8. The van der Waals surface area contributed by atoms with Crippen LogP contribution in [0.4, 0.5) is 5.69 Å². The van der Waals surface area contributed by atoms with Gasteiger partial charge in [0.15, 0.2) is 0 Å². The summed E-state index contributed by atoms with van der Waals surface area (Å²) in [4.78, 5) is 16.7. The normalized spacial score (nSPS) is 11.6. The third-order valence-electron chi connectivity index (χ3n) is 3.79. The summed E-state index contributed by atoms with van der Waals surface area (Å²) in [6.45, 7) is 5.45. The Balaban J connectivity index is 2.44. The van der Waals surface area contributed by atoms with Gasteiger partial charge in [0.05, 0.1) is 4.90 Å². The van der Waals surface area contributed by atoms with E-state index in [2.05, 4.69) is 10.3 Å². The van der Waals surface area contributed by atoms with Gasteiger partial charge in [0.1, 0.15) is 5.69 Å². The van der Waals surface area contributed by atoms with E-state index >= 15 is 0 Å². The van der Waals surface area contributed by atoms with Crippen LogP contribution in [0.25, 0.3) is 0 Å². The van der Waals surface area contributed by atoms with E-state index in [1.807, 2.05) is 13.8 Å². The van der Waals surface area contributed by atoms with Crippen LogP contribution >= 0.6 is 0 Å². The molecule has 1 aromatic heterocycles. The first-order chi connectivity index (χ1) is 11.1. The molecule has 0 saturated heterocycles. The van der Waals surface area contributed by atoms with E-state index in [1.165, 1.54) is 20.2 Å². The van der Waals surface area contributed by atoms with Crippen LogP contribution in [-0.2, 0) is 10.0 Å². The molecule has 1 amide bonds. The molecule has 0 aliphatic heterocycles. The van der Waals surface area contributed by atoms with Crippen LogP contribution in [0.3, 0.4) is 0 Å². The first kappa shape index (κ1) is 18.1. The van der Waals surface area contributed by atoms with Crippen molar-refractivity contribution in [2.45, 2.75) is 25.7 Å². The van der Waals surface area contributed by atoms with E-state index in [0.717, 1.165) is 21.1 Å². The number of sulfonamides is 1. The third kappa shape index (κ3) is 3.63. The highest BCUT2D eigenvalue weighted by atomic mass is 32.2. The number of nitrogens with zero attached hydrogens (tertiary/aromatic N) is 2. The fourth-order valence-electron chi connectivity index (χ4n) is 2.17. The highest BCUT2D eigenvalue weighted by molar-refractivity contribution is 7.89. The fourth-order valence-corrected chi connectivity index (χ4v) is 3.19. The van der Waals surface area contributed by atoms with E-state index < -0.39 is 10.0 Å². The standard InChI is InChI=1S/C17H21N3O3S/c1-11-9-14(24(22,23)20(4)5)10-16(13(11)3)19-17(21)15-8-6-7-12(2)18-15/h6-10H,1-5H3,(H,19,21). The molecule has 1 aromatic carbocycles. The predicted molar refractivity (Wildman–Crippen MR) is 93.7 cm³/mol. The maximum Gasteiger partial charge on any atom is 0.274 e. The van der Waals surface area contributed by atoms with Gasteiger partial charge in [-0.3, -0.25) is 4.79 Å². The molecule has 1 heterocycles. The van der Waals surface area contributed by atoms with Crippen molar-refractivity contribution in [1.29, 1.82) is 0 Å². The predicted octanol–water partition coefficient (Wildman–Crippen LogP) is 2.51. The Kier molecular flexibility index (Phi) is 5.05. The van der Waals surface area contributed by atoms with Gasteiger partial charge in [0.25, 0.3) is 5.91 Å². The summed E-state index contributed by atoms with van der Waals surface area (Å²) in [5.41, 5.74) is 3.08. The Morgan fingerprint density at radius 3 is 2.38 bits per heavy atom. The number of aryl methyl sites for hydroxylation is 2. The van der Waals surface area contributed by atoms with E-state index in [1.54, 1.807) is 31.2 Å². The van der Waals surface area contributed by atoms with Crippen LogP contribution in [0.5, 0.6) is 0 Å². The summed E-state index contributed by atoms with van der Waals surface area (Å²) in [7, 11) is -0.636. The molecule has 1 N–H and O–H groups in total. The minimum Gasteiger partial charge on any atom is -0.320 e. The number of hydrogen-bond donors (Lipinski definition) is 1. The van der Waals surface area contributed by atoms with Gasteiger partial charge in [0.2, 0.25) is 10.0 Å².